The molecule has 4 rings (SSSR count). The molecule has 1 amide bonds. The molecular formula is C19H14ClN3O3. The van der Waals surface area contributed by atoms with Crippen LogP contribution in [0.1, 0.15) is 5.56 Å². The van der Waals surface area contributed by atoms with Crippen molar-refractivity contribution in [1.29, 1.82) is 0 Å². The van der Waals surface area contributed by atoms with Gasteiger partial charge in [-0.2, -0.15) is 5.10 Å². The summed E-state index contributed by atoms with van der Waals surface area (Å²) in [5.41, 5.74) is 1.54. The van der Waals surface area contributed by atoms with Crippen molar-refractivity contribution in [2.24, 2.45) is 0 Å². The first kappa shape index (κ1) is 16.4. The number of hydrogen-bond donors (Lipinski definition) is 1. The molecule has 0 atom stereocenters. The van der Waals surface area contributed by atoms with E-state index in [9.17, 15) is 9.59 Å². The highest BCUT2D eigenvalue weighted by atomic mass is 35.5. The lowest BCUT2D eigenvalue weighted by atomic mass is 10.2. The maximum Gasteiger partial charge on any atom is 0.347 e. The van der Waals surface area contributed by atoms with Crippen LogP contribution < -0.4 is 10.9 Å². The second kappa shape index (κ2) is 6.65. The lowest BCUT2D eigenvalue weighted by Gasteiger charge is -2.07. The van der Waals surface area contributed by atoms with Gasteiger partial charge in [0.05, 0.1) is 11.7 Å². The van der Waals surface area contributed by atoms with E-state index in [-0.39, 0.29) is 12.5 Å². The number of para-hydroxylation sites is 1. The molecule has 1 N–H and O–H groups in total. The first-order valence-corrected chi connectivity index (χ1v) is 8.38. The molecule has 26 heavy (non-hydrogen) atoms. The lowest BCUT2D eigenvalue weighted by Crippen LogP contribution is -2.27. The van der Waals surface area contributed by atoms with E-state index in [1.165, 1.54) is 10.9 Å². The van der Waals surface area contributed by atoms with Crippen LogP contribution in [0.4, 0.5) is 0 Å². The first-order chi connectivity index (χ1) is 12.6. The molecule has 0 unspecified atom stereocenters. The van der Waals surface area contributed by atoms with E-state index in [1.54, 1.807) is 24.3 Å². The second-order valence-electron chi connectivity index (χ2n) is 5.85. The molecule has 130 valence electrons. The highest BCUT2D eigenvalue weighted by molar-refractivity contribution is 6.30. The Balaban J connectivity index is 1.60. The molecule has 6 nitrogen and oxygen atoms in total. The van der Waals surface area contributed by atoms with Crippen molar-refractivity contribution in [2.45, 2.75) is 13.1 Å². The van der Waals surface area contributed by atoms with Crippen LogP contribution >= 0.6 is 11.6 Å². The number of rotatable bonds is 4. The van der Waals surface area contributed by atoms with Gasteiger partial charge < -0.3 is 9.73 Å². The summed E-state index contributed by atoms with van der Waals surface area (Å²) >= 11 is 5.85. The van der Waals surface area contributed by atoms with Gasteiger partial charge in [-0.15, -0.1) is 0 Å². The molecule has 2 aromatic heterocycles. The fourth-order valence-electron chi connectivity index (χ4n) is 2.84. The maximum atomic E-state index is 12.3. The minimum atomic E-state index is -0.466. The molecule has 0 aliphatic rings. The molecule has 0 aliphatic heterocycles. The zero-order chi connectivity index (χ0) is 18.1. The summed E-state index contributed by atoms with van der Waals surface area (Å²) < 4.78 is 6.81. The van der Waals surface area contributed by atoms with Crippen molar-refractivity contribution < 1.29 is 9.21 Å². The monoisotopic (exact) mass is 367 g/mol. The average molecular weight is 368 g/mol. The van der Waals surface area contributed by atoms with Crippen molar-refractivity contribution in [3.63, 3.8) is 0 Å². The Labute approximate surface area is 153 Å². The Hall–Kier alpha value is -3.12. The number of carbonyl (C=O) groups is 1. The van der Waals surface area contributed by atoms with Gasteiger partial charge in [0, 0.05) is 17.0 Å². The van der Waals surface area contributed by atoms with Crippen LogP contribution in [0.3, 0.4) is 0 Å². The third kappa shape index (κ3) is 3.07. The van der Waals surface area contributed by atoms with Crippen LogP contribution in [0.25, 0.3) is 21.9 Å². The molecule has 0 spiro atoms. The minimum Gasteiger partial charge on any atom is -0.422 e. The van der Waals surface area contributed by atoms with Crippen molar-refractivity contribution >= 4 is 39.4 Å². The van der Waals surface area contributed by atoms with Crippen molar-refractivity contribution in [3.8, 4) is 0 Å². The van der Waals surface area contributed by atoms with Gasteiger partial charge in [0.25, 0.3) is 0 Å². The van der Waals surface area contributed by atoms with Gasteiger partial charge in [-0.05, 0) is 29.8 Å². The van der Waals surface area contributed by atoms with E-state index in [0.717, 1.165) is 10.9 Å². The van der Waals surface area contributed by atoms with E-state index in [1.807, 2.05) is 24.3 Å². The SMILES string of the molecule is O=C(Cn1ncc2c(=O)oc3ccccc3c21)NCc1ccc(Cl)cc1. The number of hydrogen-bond acceptors (Lipinski definition) is 4. The Morgan fingerprint density at radius 1 is 1.12 bits per heavy atom. The summed E-state index contributed by atoms with van der Waals surface area (Å²) in [5.74, 6) is -0.206. The zero-order valence-corrected chi connectivity index (χ0v) is 14.4. The van der Waals surface area contributed by atoms with Gasteiger partial charge in [-0.1, -0.05) is 35.9 Å². The number of nitrogens with one attached hydrogen (secondary N) is 1. The Morgan fingerprint density at radius 3 is 2.69 bits per heavy atom. The molecule has 0 saturated carbocycles. The largest absolute Gasteiger partial charge is 0.422 e. The van der Waals surface area contributed by atoms with E-state index in [0.29, 0.717) is 28.1 Å². The van der Waals surface area contributed by atoms with E-state index in [4.69, 9.17) is 16.0 Å². The van der Waals surface area contributed by atoms with Gasteiger partial charge in [0.15, 0.2) is 0 Å². The van der Waals surface area contributed by atoms with Gasteiger partial charge >= 0.3 is 5.63 Å². The minimum absolute atomic E-state index is 0.00450. The summed E-state index contributed by atoms with van der Waals surface area (Å²) in [6.45, 7) is 0.391. The van der Waals surface area contributed by atoms with Gasteiger partial charge in [-0.3, -0.25) is 9.48 Å². The zero-order valence-electron chi connectivity index (χ0n) is 13.6. The fourth-order valence-corrected chi connectivity index (χ4v) is 2.97. The van der Waals surface area contributed by atoms with E-state index in [2.05, 4.69) is 10.4 Å². The third-order valence-corrected chi connectivity index (χ3v) is 4.35. The number of carbonyl (C=O) groups excluding carboxylic acids is 1. The molecule has 0 radical (unpaired) electrons. The van der Waals surface area contributed by atoms with Crippen LogP contribution in [0, 0.1) is 0 Å². The second-order valence-corrected chi connectivity index (χ2v) is 6.29. The number of aromatic nitrogens is 2. The molecule has 4 aromatic rings. The molecule has 0 saturated heterocycles. The Kier molecular flexibility index (Phi) is 4.18. The highest BCUT2D eigenvalue weighted by Crippen LogP contribution is 2.22. The third-order valence-electron chi connectivity index (χ3n) is 4.10. The van der Waals surface area contributed by atoms with E-state index >= 15 is 0 Å². The Morgan fingerprint density at radius 2 is 1.88 bits per heavy atom. The van der Waals surface area contributed by atoms with Crippen LogP contribution in [-0.2, 0) is 17.9 Å². The summed E-state index contributed by atoms with van der Waals surface area (Å²) in [5, 5.41) is 8.77. The van der Waals surface area contributed by atoms with Crippen molar-refractivity contribution in [1.82, 2.24) is 15.1 Å². The van der Waals surface area contributed by atoms with Gasteiger partial charge in [-0.25, -0.2) is 4.79 Å². The topological polar surface area (TPSA) is 77.1 Å². The lowest BCUT2D eigenvalue weighted by molar-refractivity contribution is -0.121. The van der Waals surface area contributed by atoms with Crippen molar-refractivity contribution in [2.75, 3.05) is 0 Å². The number of halogens is 1. The first-order valence-electron chi connectivity index (χ1n) is 8.00. The molecular weight excluding hydrogens is 354 g/mol. The van der Waals surface area contributed by atoms with Gasteiger partial charge in [0.1, 0.15) is 17.5 Å². The standard InChI is InChI=1S/C19H14ClN3O3/c20-13-7-5-12(6-8-13)9-21-17(24)11-23-18-14-3-1-2-4-16(14)26-19(25)15(18)10-22-23/h1-8,10H,9,11H2,(H,21,24). The summed E-state index contributed by atoms with van der Waals surface area (Å²) in [6, 6.07) is 14.4. The number of benzene rings is 2. The maximum absolute atomic E-state index is 12.3. The van der Waals surface area contributed by atoms with Crippen LogP contribution in [0.5, 0.6) is 0 Å². The van der Waals surface area contributed by atoms with Crippen LogP contribution in [0.2, 0.25) is 5.02 Å². The predicted octanol–water partition coefficient (Wildman–Crippen LogP) is 3.11. The van der Waals surface area contributed by atoms with Crippen LogP contribution in [0.15, 0.2) is 63.9 Å². The van der Waals surface area contributed by atoms with E-state index < -0.39 is 5.63 Å². The summed E-state index contributed by atoms with van der Waals surface area (Å²) in [4.78, 5) is 24.4. The predicted molar refractivity (Wildman–Crippen MR) is 99.1 cm³/mol. The molecule has 0 aliphatic carbocycles. The Bertz CT molecular complexity index is 1160. The highest BCUT2D eigenvalue weighted by Gasteiger charge is 2.14. The van der Waals surface area contributed by atoms with Crippen molar-refractivity contribution in [3.05, 3.63) is 75.7 Å². The average Bonchev–Trinajstić information content (AvgIpc) is 3.06. The number of amides is 1. The molecule has 0 bridgehead atoms. The molecule has 7 heteroatoms. The summed E-state index contributed by atoms with van der Waals surface area (Å²) in [7, 11) is 0. The van der Waals surface area contributed by atoms with Crippen LogP contribution in [-0.4, -0.2) is 15.7 Å². The number of fused-ring (bicyclic) bond motifs is 3. The summed E-state index contributed by atoms with van der Waals surface area (Å²) in [6.07, 6.45) is 1.43. The number of nitrogens with zero attached hydrogens (tertiary/aromatic N) is 2. The molecule has 0 fully saturated rings. The fraction of sp³-hybridized carbons (Fsp3) is 0.105. The quantitative estimate of drug-likeness (QED) is 0.562. The molecule has 2 heterocycles. The molecule has 2 aromatic carbocycles. The normalized spacial score (nSPS) is 11.1. The smallest absolute Gasteiger partial charge is 0.347 e. The van der Waals surface area contributed by atoms with Gasteiger partial charge in [0.2, 0.25) is 5.91 Å².